The minimum atomic E-state index is -0.305. The molecule has 0 unspecified atom stereocenters. The van der Waals surface area contributed by atoms with Crippen LogP contribution >= 0.6 is 0 Å². The van der Waals surface area contributed by atoms with Crippen LogP contribution in [0.1, 0.15) is 11.1 Å². The molecule has 5 heteroatoms. The van der Waals surface area contributed by atoms with E-state index >= 15 is 0 Å². The lowest BCUT2D eigenvalue weighted by Crippen LogP contribution is -2.00. The zero-order chi connectivity index (χ0) is 16.1. The lowest BCUT2D eigenvalue weighted by molar-refractivity contribution is 0.625. The second kappa shape index (κ2) is 6.85. The third kappa shape index (κ3) is 3.49. The quantitative estimate of drug-likeness (QED) is 0.831. The van der Waals surface area contributed by atoms with Crippen LogP contribution in [0.4, 0.5) is 10.2 Å². The van der Waals surface area contributed by atoms with E-state index in [9.17, 15) is 4.39 Å². The number of hydrogen-bond donors (Lipinski definition) is 2. The van der Waals surface area contributed by atoms with Crippen molar-refractivity contribution in [3.8, 4) is 11.3 Å². The summed E-state index contributed by atoms with van der Waals surface area (Å²) in [6, 6.07) is 6.90. The summed E-state index contributed by atoms with van der Waals surface area (Å²) in [6.45, 7) is 5.70. The van der Waals surface area contributed by atoms with Gasteiger partial charge in [0, 0.05) is 30.9 Å². The van der Waals surface area contributed by atoms with Crippen LogP contribution in [0.25, 0.3) is 17.3 Å². The Morgan fingerprint density at radius 3 is 2.59 bits per heavy atom. The monoisotopic (exact) mass is 298 g/mol. The summed E-state index contributed by atoms with van der Waals surface area (Å²) in [5, 5.41) is 13.9. The predicted octanol–water partition coefficient (Wildman–Crippen LogP) is 3.38. The van der Waals surface area contributed by atoms with Gasteiger partial charge in [-0.1, -0.05) is 12.7 Å². The number of halogens is 1. The van der Waals surface area contributed by atoms with Crippen LogP contribution in [0, 0.1) is 12.7 Å². The van der Waals surface area contributed by atoms with Gasteiger partial charge in [-0.2, -0.15) is 0 Å². The largest absolute Gasteiger partial charge is 0.389 e. The molecule has 0 radical (unpaired) electrons. The first-order chi connectivity index (χ1) is 10.5. The molecule has 0 aliphatic heterocycles. The summed E-state index contributed by atoms with van der Waals surface area (Å²) in [6.07, 6.45) is 3.43. The topological polar surface area (TPSA) is 49.8 Å². The van der Waals surface area contributed by atoms with Gasteiger partial charge in [0.25, 0.3) is 0 Å². The highest BCUT2D eigenvalue weighted by atomic mass is 19.1. The molecule has 0 aliphatic rings. The van der Waals surface area contributed by atoms with Gasteiger partial charge >= 0.3 is 0 Å². The highest BCUT2D eigenvalue weighted by Gasteiger charge is 2.09. The van der Waals surface area contributed by atoms with Gasteiger partial charge in [0.05, 0.1) is 5.69 Å². The third-order valence-electron chi connectivity index (χ3n) is 3.33. The van der Waals surface area contributed by atoms with E-state index in [1.165, 1.54) is 6.07 Å². The third-order valence-corrected chi connectivity index (χ3v) is 3.33. The van der Waals surface area contributed by atoms with Gasteiger partial charge in [-0.25, -0.2) is 4.39 Å². The predicted molar refractivity (Wildman–Crippen MR) is 88.9 cm³/mol. The van der Waals surface area contributed by atoms with E-state index in [1.54, 1.807) is 32.3 Å². The van der Waals surface area contributed by atoms with Gasteiger partial charge < -0.3 is 10.6 Å². The molecule has 0 spiro atoms. The first-order valence-corrected chi connectivity index (χ1v) is 6.92. The Morgan fingerprint density at radius 2 is 2.00 bits per heavy atom. The Morgan fingerprint density at radius 1 is 1.23 bits per heavy atom. The molecule has 1 aromatic heterocycles. The van der Waals surface area contributed by atoms with Crippen LogP contribution in [0.15, 0.2) is 42.6 Å². The van der Waals surface area contributed by atoms with Crippen molar-refractivity contribution in [2.45, 2.75) is 6.92 Å². The van der Waals surface area contributed by atoms with Crippen molar-refractivity contribution in [3.63, 3.8) is 0 Å². The molecule has 0 saturated heterocycles. The van der Waals surface area contributed by atoms with E-state index in [4.69, 9.17) is 0 Å². The number of allylic oxidation sites excluding steroid dienone is 1. The van der Waals surface area contributed by atoms with E-state index in [0.717, 1.165) is 16.8 Å². The Hall–Kier alpha value is -2.69. The van der Waals surface area contributed by atoms with Gasteiger partial charge in [0.2, 0.25) is 0 Å². The molecule has 22 heavy (non-hydrogen) atoms. The van der Waals surface area contributed by atoms with Crippen LogP contribution in [0.2, 0.25) is 0 Å². The second-order valence-electron chi connectivity index (χ2n) is 4.85. The molecule has 1 heterocycles. The molecule has 2 N–H and O–H groups in total. The molecular formula is C17H19FN4. The molecular weight excluding hydrogens is 279 g/mol. The van der Waals surface area contributed by atoms with Crippen molar-refractivity contribution in [2.75, 3.05) is 19.4 Å². The fraction of sp³-hybridized carbons (Fsp3) is 0.176. The first-order valence-electron chi connectivity index (χ1n) is 6.92. The van der Waals surface area contributed by atoms with Crippen LogP contribution in [0.5, 0.6) is 0 Å². The number of aryl methyl sites for hydroxylation is 1. The summed E-state index contributed by atoms with van der Waals surface area (Å²) >= 11 is 0. The fourth-order valence-electron chi connectivity index (χ4n) is 1.99. The zero-order valence-corrected chi connectivity index (χ0v) is 12.9. The summed E-state index contributed by atoms with van der Waals surface area (Å²) in [5.74, 6) is 0.368. The Balaban J connectivity index is 2.36. The SMILES string of the molecule is C=C(/C=C/c1cc(C)c(-c2ccc(NC)nn2)cc1F)NC. The lowest BCUT2D eigenvalue weighted by atomic mass is 10.0. The highest BCUT2D eigenvalue weighted by molar-refractivity contribution is 5.67. The molecule has 2 rings (SSSR count). The normalized spacial score (nSPS) is 10.7. The Bertz CT molecular complexity index is 705. The number of aromatic nitrogens is 2. The van der Waals surface area contributed by atoms with Crippen molar-refractivity contribution < 1.29 is 4.39 Å². The average molecular weight is 298 g/mol. The Kier molecular flexibility index (Phi) is 4.88. The summed E-state index contributed by atoms with van der Waals surface area (Å²) in [4.78, 5) is 0. The molecule has 0 saturated carbocycles. The minimum Gasteiger partial charge on any atom is -0.389 e. The molecule has 114 valence electrons. The van der Waals surface area contributed by atoms with Crippen LogP contribution in [-0.4, -0.2) is 24.3 Å². The number of benzene rings is 1. The molecule has 2 aromatic rings. The fourth-order valence-corrected chi connectivity index (χ4v) is 1.99. The standard InChI is InChI=1S/C17H19FN4/c1-11-9-13(6-5-12(2)19-3)15(18)10-14(11)16-7-8-17(20-4)22-21-16/h5-10,19H,2H2,1,3-4H3,(H,20,22)/b6-5+. The van der Waals surface area contributed by atoms with E-state index in [1.807, 2.05) is 19.1 Å². The van der Waals surface area contributed by atoms with Crippen molar-refractivity contribution in [1.29, 1.82) is 0 Å². The van der Waals surface area contributed by atoms with Gasteiger partial charge in [0.1, 0.15) is 11.6 Å². The number of likely N-dealkylation sites (N-methyl/N-ethyl adjacent to an activating group) is 1. The molecule has 4 nitrogen and oxygen atoms in total. The van der Waals surface area contributed by atoms with E-state index in [2.05, 4.69) is 27.4 Å². The maximum Gasteiger partial charge on any atom is 0.148 e. The molecule has 1 aromatic carbocycles. The van der Waals surface area contributed by atoms with Gasteiger partial charge in [-0.3, -0.25) is 0 Å². The second-order valence-corrected chi connectivity index (χ2v) is 4.85. The number of nitrogens with zero attached hydrogens (tertiary/aromatic N) is 2. The average Bonchev–Trinajstić information content (AvgIpc) is 2.55. The van der Waals surface area contributed by atoms with Crippen molar-refractivity contribution in [1.82, 2.24) is 15.5 Å². The molecule has 0 atom stereocenters. The van der Waals surface area contributed by atoms with E-state index < -0.39 is 0 Å². The van der Waals surface area contributed by atoms with Crippen molar-refractivity contribution in [2.24, 2.45) is 0 Å². The van der Waals surface area contributed by atoms with Gasteiger partial charge in [-0.15, -0.1) is 10.2 Å². The van der Waals surface area contributed by atoms with E-state index in [-0.39, 0.29) is 5.82 Å². The van der Waals surface area contributed by atoms with Crippen molar-refractivity contribution in [3.05, 3.63) is 59.6 Å². The number of nitrogens with one attached hydrogen (secondary N) is 2. The molecule has 0 aliphatic carbocycles. The van der Waals surface area contributed by atoms with Crippen LogP contribution < -0.4 is 10.6 Å². The Labute approximate surface area is 129 Å². The number of rotatable bonds is 5. The zero-order valence-electron chi connectivity index (χ0n) is 12.9. The summed E-state index contributed by atoms with van der Waals surface area (Å²) < 4.78 is 14.3. The molecule has 0 fully saturated rings. The van der Waals surface area contributed by atoms with Gasteiger partial charge in [0.15, 0.2) is 0 Å². The smallest absolute Gasteiger partial charge is 0.148 e. The maximum atomic E-state index is 14.3. The van der Waals surface area contributed by atoms with Crippen LogP contribution in [0.3, 0.4) is 0 Å². The number of anilines is 1. The highest BCUT2D eigenvalue weighted by Crippen LogP contribution is 2.25. The molecule has 0 amide bonds. The summed E-state index contributed by atoms with van der Waals surface area (Å²) in [5.41, 5.74) is 3.54. The lowest BCUT2D eigenvalue weighted by Gasteiger charge is -2.08. The first kappa shape index (κ1) is 15.7. The van der Waals surface area contributed by atoms with E-state index in [0.29, 0.717) is 17.1 Å². The molecule has 0 bridgehead atoms. The van der Waals surface area contributed by atoms with Gasteiger partial charge in [-0.05, 0) is 42.8 Å². The van der Waals surface area contributed by atoms with Crippen molar-refractivity contribution >= 4 is 11.9 Å². The van der Waals surface area contributed by atoms with Crippen LogP contribution in [-0.2, 0) is 0 Å². The minimum absolute atomic E-state index is 0.305. The summed E-state index contributed by atoms with van der Waals surface area (Å²) in [7, 11) is 3.54. The number of hydrogen-bond acceptors (Lipinski definition) is 4. The maximum absolute atomic E-state index is 14.3.